The SMILES string of the molecule is C[C@H](CCC(=O)c1ccccc1)N[C@@H](C)c1ccccc1. The molecule has 0 aromatic heterocycles. The van der Waals surface area contributed by atoms with Crippen LogP contribution < -0.4 is 5.32 Å². The molecule has 2 aromatic rings. The van der Waals surface area contributed by atoms with Crippen LogP contribution in [0.3, 0.4) is 0 Å². The van der Waals surface area contributed by atoms with Gasteiger partial charge in [-0.05, 0) is 25.8 Å². The molecule has 2 rings (SSSR count). The van der Waals surface area contributed by atoms with Crippen molar-refractivity contribution >= 4 is 5.78 Å². The van der Waals surface area contributed by atoms with E-state index in [1.165, 1.54) is 5.56 Å². The summed E-state index contributed by atoms with van der Waals surface area (Å²) in [4.78, 5) is 12.1. The molecule has 0 unspecified atom stereocenters. The summed E-state index contributed by atoms with van der Waals surface area (Å²) < 4.78 is 0. The third-order valence-electron chi connectivity index (χ3n) is 3.73. The summed E-state index contributed by atoms with van der Waals surface area (Å²) in [5.41, 5.74) is 2.08. The van der Waals surface area contributed by atoms with Crippen molar-refractivity contribution in [3.05, 3.63) is 71.8 Å². The average Bonchev–Trinajstić information content (AvgIpc) is 2.54. The topological polar surface area (TPSA) is 29.1 Å². The highest BCUT2D eigenvalue weighted by Crippen LogP contribution is 2.14. The van der Waals surface area contributed by atoms with Crippen LogP contribution in [0.2, 0.25) is 0 Å². The highest BCUT2D eigenvalue weighted by atomic mass is 16.1. The van der Waals surface area contributed by atoms with E-state index in [-0.39, 0.29) is 5.78 Å². The molecule has 0 saturated carbocycles. The van der Waals surface area contributed by atoms with E-state index in [0.29, 0.717) is 18.5 Å². The van der Waals surface area contributed by atoms with Gasteiger partial charge in [-0.25, -0.2) is 0 Å². The number of benzene rings is 2. The maximum Gasteiger partial charge on any atom is 0.162 e. The van der Waals surface area contributed by atoms with Gasteiger partial charge in [0.2, 0.25) is 0 Å². The van der Waals surface area contributed by atoms with Crippen LogP contribution in [0.4, 0.5) is 0 Å². The number of rotatable bonds is 7. The zero-order valence-electron chi connectivity index (χ0n) is 12.8. The summed E-state index contributed by atoms with van der Waals surface area (Å²) in [6, 6.07) is 20.5. The van der Waals surface area contributed by atoms with Gasteiger partial charge in [-0.1, -0.05) is 60.7 Å². The normalized spacial score (nSPS) is 13.6. The van der Waals surface area contributed by atoms with Gasteiger partial charge in [0.15, 0.2) is 5.78 Å². The van der Waals surface area contributed by atoms with Gasteiger partial charge < -0.3 is 5.32 Å². The van der Waals surface area contributed by atoms with Crippen LogP contribution in [0, 0.1) is 0 Å². The Morgan fingerprint density at radius 2 is 1.52 bits per heavy atom. The zero-order valence-corrected chi connectivity index (χ0v) is 12.8. The first-order chi connectivity index (χ1) is 10.2. The fourth-order valence-corrected chi connectivity index (χ4v) is 2.46. The number of ketones is 1. The van der Waals surface area contributed by atoms with Crippen LogP contribution in [0.1, 0.15) is 48.7 Å². The highest BCUT2D eigenvalue weighted by molar-refractivity contribution is 5.95. The van der Waals surface area contributed by atoms with Crippen molar-refractivity contribution in [1.82, 2.24) is 5.32 Å². The summed E-state index contributed by atoms with van der Waals surface area (Å²) in [5.74, 6) is 0.219. The molecular weight excluding hydrogens is 258 g/mol. The molecule has 21 heavy (non-hydrogen) atoms. The van der Waals surface area contributed by atoms with Crippen molar-refractivity contribution in [2.24, 2.45) is 0 Å². The molecule has 2 aromatic carbocycles. The van der Waals surface area contributed by atoms with Crippen molar-refractivity contribution in [3.63, 3.8) is 0 Å². The number of carbonyl (C=O) groups excluding carboxylic acids is 1. The van der Waals surface area contributed by atoms with Gasteiger partial charge in [0, 0.05) is 24.1 Å². The van der Waals surface area contributed by atoms with Crippen LogP contribution >= 0.6 is 0 Å². The third-order valence-corrected chi connectivity index (χ3v) is 3.73. The molecule has 0 spiro atoms. The summed E-state index contributed by atoms with van der Waals surface area (Å²) in [7, 11) is 0. The monoisotopic (exact) mass is 281 g/mol. The van der Waals surface area contributed by atoms with Crippen LogP contribution in [-0.4, -0.2) is 11.8 Å². The number of hydrogen-bond acceptors (Lipinski definition) is 2. The molecule has 2 nitrogen and oxygen atoms in total. The highest BCUT2D eigenvalue weighted by Gasteiger charge is 2.11. The zero-order chi connectivity index (χ0) is 15.1. The molecular formula is C19H23NO. The minimum absolute atomic E-state index is 0.219. The van der Waals surface area contributed by atoms with Crippen molar-refractivity contribution in [2.75, 3.05) is 0 Å². The Morgan fingerprint density at radius 1 is 0.952 bits per heavy atom. The standard InChI is InChI=1S/C19H23NO/c1-15(20-16(2)17-9-5-3-6-10-17)13-14-19(21)18-11-7-4-8-12-18/h3-12,15-16,20H,13-14H2,1-2H3/t15-,16+/m1/s1. The van der Waals surface area contributed by atoms with Crippen molar-refractivity contribution in [2.45, 2.75) is 38.8 Å². The molecule has 2 heteroatoms. The van der Waals surface area contributed by atoms with Gasteiger partial charge >= 0.3 is 0 Å². The van der Waals surface area contributed by atoms with E-state index in [9.17, 15) is 4.79 Å². The first kappa shape index (κ1) is 15.5. The van der Waals surface area contributed by atoms with Crippen LogP contribution in [-0.2, 0) is 0 Å². The van der Waals surface area contributed by atoms with E-state index >= 15 is 0 Å². The fourth-order valence-electron chi connectivity index (χ4n) is 2.46. The predicted molar refractivity (Wildman–Crippen MR) is 87.5 cm³/mol. The van der Waals surface area contributed by atoms with E-state index in [1.807, 2.05) is 36.4 Å². The van der Waals surface area contributed by atoms with E-state index in [0.717, 1.165) is 12.0 Å². The summed E-state index contributed by atoms with van der Waals surface area (Å²) >= 11 is 0. The maximum atomic E-state index is 12.1. The second-order valence-corrected chi connectivity index (χ2v) is 5.53. The largest absolute Gasteiger partial charge is 0.308 e. The Hall–Kier alpha value is -1.93. The minimum atomic E-state index is 0.219. The lowest BCUT2D eigenvalue weighted by Crippen LogP contribution is -2.29. The second kappa shape index (κ2) is 7.75. The van der Waals surface area contributed by atoms with Crippen LogP contribution in [0.5, 0.6) is 0 Å². The molecule has 1 N–H and O–H groups in total. The van der Waals surface area contributed by atoms with Crippen molar-refractivity contribution in [3.8, 4) is 0 Å². The van der Waals surface area contributed by atoms with Gasteiger partial charge in [-0.15, -0.1) is 0 Å². The lowest BCUT2D eigenvalue weighted by atomic mass is 10.0. The predicted octanol–water partition coefficient (Wildman–Crippen LogP) is 4.39. The Bertz CT molecular complexity index is 550. The number of Topliss-reactive ketones (excluding diaryl/α,β-unsaturated/α-hetero) is 1. The quantitative estimate of drug-likeness (QED) is 0.763. The Morgan fingerprint density at radius 3 is 2.14 bits per heavy atom. The second-order valence-electron chi connectivity index (χ2n) is 5.53. The van der Waals surface area contributed by atoms with E-state index in [2.05, 4.69) is 43.4 Å². The van der Waals surface area contributed by atoms with Gasteiger partial charge in [-0.2, -0.15) is 0 Å². The minimum Gasteiger partial charge on any atom is -0.308 e. The average molecular weight is 281 g/mol. The maximum absolute atomic E-state index is 12.1. The molecule has 0 radical (unpaired) electrons. The Balaban J connectivity index is 1.80. The lowest BCUT2D eigenvalue weighted by Gasteiger charge is -2.20. The molecule has 0 saturated heterocycles. The van der Waals surface area contributed by atoms with Gasteiger partial charge in [0.25, 0.3) is 0 Å². The number of hydrogen-bond donors (Lipinski definition) is 1. The molecule has 0 aliphatic carbocycles. The van der Waals surface area contributed by atoms with E-state index in [1.54, 1.807) is 0 Å². The third kappa shape index (κ3) is 4.83. The Labute approximate surface area is 127 Å². The molecule has 0 aliphatic heterocycles. The van der Waals surface area contributed by atoms with E-state index in [4.69, 9.17) is 0 Å². The smallest absolute Gasteiger partial charge is 0.162 e. The molecule has 2 atom stereocenters. The van der Waals surface area contributed by atoms with E-state index < -0.39 is 0 Å². The Kier molecular flexibility index (Phi) is 5.70. The number of carbonyl (C=O) groups is 1. The van der Waals surface area contributed by atoms with Crippen molar-refractivity contribution < 1.29 is 4.79 Å². The van der Waals surface area contributed by atoms with Crippen LogP contribution in [0.15, 0.2) is 60.7 Å². The molecule has 0 amide bonds. The first-order valence-corrected chi connectivity index (χ1v) is 7.56. The lowest BCUT2D eigenvalue weighted by molar-refractivity contribution is 0.0976. The summed E-state index contributed by atoms with van der Waals surface area (Å²) in [6.45, 7) is 4.29. The van der Waals surface area contributed by atoms with Gasteiger partial charge in [0.05, 0.1) is 0 Å². The van der Waals surface area contributed by atoms with Gasteiger partial charge in [0.1, 0.15) is 0 Å². The first-order valence-electron chi connectivity index (χ1n) is 7.56. The van der Waals surface area contributed by atoms with Crippen LogP contribution in [0.25, 0.3) is 0 Å². The molecule has 0 bridgehead atoms. The molecule has 0 fully saturated rings. The molecule has 110 valence electrons. The fraction of sp³-hybridized carbons (Fsp3) is 0.316. The van der Waals surface area contributed by atoms with Gasteiger partial charge in [-0.3, -0.25) is 4.79 Å². The number of nitrogens with one attached hydrogen (secondary N) is 1. The summed E-state index contributed by atoms with van der Waals surface area (Å²) in [5, 5.41) is 3.55. The van der Waals surface area contributed by atoms with Crippen molar-refractivity contribution in [1.29, 1.82) is 0 Å². The molecule has 0 aliphatic rings. The molecule has 0 heterocycles. The summed E-state index contributed by atoms with van der Waals surface area (Å²) in [6.07, 6.45) is 1.44.